The predicted molar refractivity (Wildman–Crippen MR) is 67.4 cm³/mol. The van der Waals surface area contributed by atoms with Crippen LogP contribution < -0.4 is 10.6 Å². The van der Waals surface area contributed by atoms with Gasteiger partial charge in [-0.25, -0.2) is 9.78 Å². The highest BCUT2D eigenvalue weighted by atomic mass is 16.6. The van der Waals surface area contributed by atoms with Crippen molar-refractivity contribution in [3.63, 3.8) is 0 Å². The normalized spacial score (nSPS) is 16.0. The smallest absolute Gasteiger partial charge is 0.354 e. The number of hydrogen-bond donors (Lipinski definition) is 3. The average Bonchev–Trinajstić information content (AvgIpc) is 2.39. The lowest BCUT2D eigenvalue weighted by atomic mass is 10.1. The lowest BCUT2D eigenvalue weighted by Crippen LogP contribution is -2.35. The van der Waals surface area contributed by atoms with Gasteiger partial charge in [-0.3, -0.25) is 10.1 Å². The monoisotopic (exact) mass is 266 g/mol. The fraction of sp³-hybridized carbons (Fsp3) is 0.455. The van der Waals surface area contributed by atoms with Gasteiger partial charge in [0, 0.05) is 12.1 Å². The van der Waals surface area contributed by atoms with Gasteiger partial charge in [0.15, 0.2) is 5.69 Å². The Hall–Kier alpha value is -2.22. The van der Waals surface area contributed by atoms with E-state index in [9.17, 15) is 14.9 Å². The highest BCUT2D eigenvalue weighted by molar-refractivity contribution is 5.86. The molecule has 19 heavy (non-hydrogen) atoms. The van der Waals surface area contributed by atoms with E-state index in [4.69, 9.17) is 5.11 Å². The van der Waals surface area contributed by atoms with Crippen LogP contribution in [0, 0.1) is 10.1 Å². The first-order chi connectivity index (χ1) is 9.08. The maximum Gasteiger partial charge on any atom is 0.354 e. The quantitative estimate of drug-likeness (QED) is 0.546. The molecule has 0 saturated carbocycles. The minimum atomic E-state index is -1.21. The Labute approximate surface area is 109 Å². The highest BCUT2D eigenvalue weighted by Crippen LogP contribution is 2.24. The van der Waals surface area contributed by atoms with E-state index in [0.717, 1.165) is 32.0 Å². The lowest BCUT2D eigenvalue weighted by Gasteiger charge is -2.24. The zero-order valence-corrected chi connectivity index (χ0v) is 10.1. The van der Waals surface area contributed by atoms with Crippen LogP contribution in [0.4, 0.5) is 11.5 Å². The third-order valence-corrected chi connectivity index (χ3v) is 2.97. The third-order valence-electron chi connectivity index (χ3n) is 2.97. The van der Waals surface area contributed by atoms with Gasteiger partial charge in [0.05, 0.1) is 4.92 Å². The second kappa shape index (κ2) is 5.61. The molecule has 0 amide bonds. The fourth-order valence-corrected chi connectivity index (χ4v) is 1.98. The molecule has 1 aromatic heterocycles. The summed E-state index contributed by atoms with van der Waals surface area (Å²) in [6.45, 7) is 1.65. The van der Waals surface area contributed by atoms with E-state index in [-0.39, 0.29) is 23.2 Å². The molecule has 0 bridgehead atoms. The van der Waals surface area contributed by atoms with Gasteiger partial charge < -0.3 is 15.7 Å². The molecule has 3 N–H and O–H groups in total. The van der Waals surface area contributed by atoms with Gasteiger partial charge in [0.25, 0.3) is 0 Å². The molecule has 8 heteroatoms. The first-order valence-electron chi connectivity index (χ1n) is 5.94. The van der Waals surface area contributed by atoms with Gasteiger partial charge in [-0.05, 0) is 32.0 Å². The van der Waals surface area contributed by atoms with E-state index in [0.29, 0.717) is 0 Å². The highest BCUT2D eigenvalue weighted by Gasteiger charge is 2.22. The van der Waals surface area contributed by atoms with Crippen LogP contribution >= 0.6 is 0 Å². The Balaban J connectivity index is 2.26. The van der Waals surface area contributed by atoms with E-state index in [2.05, 4.69) is 15.6 Å². The van der Waals surface area contributed by atoms with Gasteiger partial charge in [-0.1, -0.05) is 0 Å². The molecule has 0 radical (unpaired) electrons. The van der Waals surface area contributed by atoms with Crippen molar-refractivity contribution in [1.29, 1.82) is 0 Å². The van der Waals surface area contributed by atoms with E-state index < -0.39 is 10.9 Å². The Kier molecular flexibility index (Phi) is 3.91. The maximum absolute atomic E-state index is 10.9. The number of hydrogen-bond acceptors (Lipinski definition) is 6. The summed E-state index contributed by atoms with van der Waals surface area (Å²) < 4.78 is 0. The van der Waals surface area contributed by atoms with Crippen molar-refractivity contribution in [2.45, 2.75) is 18.9 Å². The first kappa shape index (κ1) is 13.2. The van der Waals surface area contributed by atoms with Crippen molar-refractivity contribution in [3.8, 4) is 0 Å². The number of nitrogens with zero attached hydrogens (tertiary/aromatic N) is 2. The second-order valence-corrected chi connectivity index (χ2v) is 4.30. The van der Waals surface area contributed by atoms with Crippen LogP contribution in [0.2, 0.25) is 0 Å². The predicted octanol–water partition coefficient (Wildman–Crippen LogP) is 0.852. The molecule has 1 aromatic rings. The number of aromatic carboxylic acids is 1. The van der Waals surface area contributed by atoms with Crippen LogP contribution in [0.5, 0.6) is 0 Å². The minimum Gasteiger partial charge on any atom is -0.477 e. The van der Waals surface area contributed by atoms with Gasteiger partial charge in [-0.2, -0.15) is 0 Å². The van der Waals surface area contributed by atoms with Crippen molar-refractivity contribution in [2.75, 3.05) is 18.4 Å². The molecular weight excluding hydrogens is 252 g/mol. The number of piperidine rings is 1. The van der Waals surface area contributed by atoms with Crippen LogP contribution in [0.25, 0.3) is 0 Å². The molecule has 0 unspecified atom stereocenters. The van der Waals surface area contributed by atoms with E-state index in [1.54, 1.807) is 0 Å². The molecule has 8 nitrogen and oxygen atoms in total. The van der Waals surface area contributed by atoms with E-state index in [1.807, 2.05) is 0 Å². The lowest BCUT2D eigenvalue weighted by molar-refractivity contribution is -0.384. The van der Waals surface area contributed by atoms with Crippen molar-refractivity contribution < 1.29 is 14.8 Å². The SMILES string of the molecule is O=C(O)c1ccc([N+](=O)[O-])c(NC2CCNCC2)n1. The number of nitro groups is 1. The molecule has 1 aliphatic rings. The van der Waals surface area contributed by atoms with Crippen molar-refractivity contribution >= 4 is 17.5 Å². The Morgan fingerprint density at radius 1 is 1.47 bits per heavy atom. The molecule has 0 atom stereocenters. The number of carboxylic acid groups (broad SMARTS) is 1. The number of carbonyl (C=O) groups is 1. The summed E-state index contributed by atoms with van der Waals surface area (Å²) in [5.41, 5.74) is -0.412. The Morgan fingerprint density at radius 3 is 2.74 bits per heavy atom. The number of rotatable bonds is 4. The van der Waals surface area contributed by atoms with Crippen molar-refractivity contribution in [2.24, 2.45) is 0 Å². The third kappa shape index (κ3) is 3.16. The average molecular weight is 266 g/mol. The van der Waals surface area contributed by atoms with Crippen LogP contribution in [-0.2, 0) is 0 Å². The number of nitrogens with one attached hydrogen (secondary N) is 2. The molecule has 2 rings (SSSR count). The Bertz CT molecular complexity index is 499. The van der Waals surface area contributed by atoms with Crippen LogP contribution in [0.1, 0.15) is 23.3 Å². The first-order valence-corrected chi connectivity index (χ1v) is 5.94. The topological polar surface area (TPSA) is 117 Å². The largest absolute Gasteiger partial charge is 0.477 e. The molecule has 0 aliphatic carbocycles. The van der Waals surface area contributed by atoms with Crippen molar-refractivity contribution in [3.05, 3.63) is 27.9 Å². The van der Waals surface area contributed by atoms with Gasteiger partial charge in [0.1, 0.15) is 0 Å². The summed E-state index contributed by atoms with van der Waals surface area (Å²) >= 11 is 0. The van der Waals surface area contributed by atoms with E-state index in [1.165, 1.54) is 6.07 Å². The summed E-state index contributed by atoms with van der Waals surface area (Å²) in [5.74, 6) is -1.18. The number of anilines is 1. The fourth-order valence-electron chi connectivity index (χ4n) is 1.98. The second-order valence-electron chi connectivity index (χ2n) is 4.30. The molecular formula is C11H14N4O4. The zero-order valence-electron chi connectivity index (χ0n) is 10.1. The van der Waals surface area contributed by atoms with Crippen LogP contribution in [0.15, 0.2) is 12.1 Å². The molecule has 2 heterocycles. The van der Waals surface area contributed by atoms with Gasteiger partial charge in [0.2, 0.25) is 5.82 Å². The van der Waals surface area contributed by atoms with Crippen LogP contribution in [0.3, 0.4) is 0 Å². The summed E-state index contributed by atoms with van der Waals surface area (Å²) in [7, 11) is 0. The number of pyridine rings is 1. The summed E-state index contributed by atoms with van der Waals surface area (Å²) in [4.78, 5) is 25.0. The molecule has 1 aliphatic heterocycles. The number of carboxylic acids is 1. The van der Waals surface area contributed by atoms with E-state index >= 15 is 0 Å². The number of aromatic nitrogens is 1. The summed E-state index contributed by atoms with van der Waals surface area (Å²) in [6, 6.07) is 2.37. The molecule has 1 fully saturated rings. The Morgan fingerprint density at radius 2 is 2.16 bits per heavy atom. The molecule has 0 spiro atoms. The molecule has 102 valence electrons. The van der Waals surface area contributed by atoms with Crippen molar-refractivity contribution in [1.82, 2.24) is 10.3 Å². The summed E-state index contributed by atoms with van der Waals surface area (Å²) in [5, 5.41) is 25.9. The standard InChI is InChI=1S/C11H14N4O4/c16-11(17)8-1-2-9(15(18)19)10(14-8)13-7-3-5-12-6-4-7/h1-2,7,12H,3-6H2,(H,13,14)(H,16,17). The zero-order chi connectivity index (χ0) is 13.8. The van der Waals surface area contributed by atoms with Gasteiger partial charge in [-0.15, -0.1) is 0 Å². The van der Waals surface area contributed by atoms with Crippen LogP contribution in [-0.4, -0.2) is 40.1 Å². The molecule has 1 saturated heterocycles. The molecule has 0 aromatic carbocycles. The van der Waals surface area contributed by atoms with Gasteiger partial charge >= 0.3 is 11.7 Å². The summed E-state index contributed by atoms with van der Waals surface area (Å²) in [6.07, 6.45) is 1.63. The minimum absolute atomic E-state index is 0.0248. The maximum atomic E-state index is 10.9.